The van der Waals surface area contributed by atoms with Crippen molar-refractivity contribution in [2.45, 2.75) is 12.3 Å². The number of nitro groups is 1. The first-order valence-corrected chi connectivity index (χ1v) is 4.33. The predicted octanol–water partition coefficient (Wildman–Crippen LogP) is 2.30. The van der Waals surface area contributed by atoms with Crippen molar-refractivity contribution < 1.29 is 22.5 Å². The molecule has 0 radical (unpaired) electrons. The number of halogens is 4. The molecule has 9 heteroatoms. The lowest BCUT2D eigenvalue weighted by atomic mass is 10.3. The predicted molar refractivity (Wildman–Crippen MR) is 50.3 cm³/mol. The smallest absolute Gasteiger partial charge is 0.324 e. The van der Waals surface area contributed by atoms with Crippen molar-refractivity contribution in [2.75, 3.05) is 11.9 Å². The van der Waals surface area contributed by atoms with E-state index in [0.717, 1.165) is 18.5 Å². The van der Waals surface area contributed by atoms with E-state index in [4.69, 9.17) is 0 Å². The van der Waals surface area contributed by atoms with Gasteiger partial charge in [-0.2, -0.15) is 8.78 Å². The van der Waals surface area contributed by atoms with Gasteiger partial charge in [-0.05, 0) is 6.07 Å². The average Bonchev–Trinajstić information content (AvgIpc) is 2.26. The number of hydrogen-bond acceptors (Lipinski definition) is 4. The van der Waals surface area contributed by atoms with Crippen LogP contribution in [0.15, 0.2) is 18.5 Å². The van der Waals surface area contributed by atoms with Crippen molar-refractivity contribution in [3.05, 3.63) is 28.6 Å². The van der Waals surface area contributed by atoms with Crippen LogP contribution in [0.2, 0.25) is 0 Å². The molecular formula is C8H7F4N3O2. The number of alkyl halides is 4. The summed E-state index contributed by atoms with van der Waals surface area (Å²) in [5, 5.41) is 12.4. The molecule has 0 saturated carbocycles. The van der Waals surface area contributed by atoms with Crippen molar-refractivity contribution in [2.24, 2.45) is 0 Å². The van der Waals surface area contributed by atoms with Gasteiger partial charge in [0.15, 0.2) is 0 Å². The Morgan fingerprint density at radius 1 is 1.53 bits per heavy atom. The molecule has 0 aliphatic rings. The maximum Gasteiger partial charge on any atom is 0.324 e. The quantitative estimate of drug-likeness (QED) is 0.496. The summed E-state index contributed by atoms with van der Waals surface area (Å²) in [4.78, 5) is 13.0. The fourth-order valence-electron chi connectivity index (χ4n) is 0.971. The van der Waals surface area contributed by atoms with Crippen molar-refractivity contribution in [1.82, 2.24) is 4.98 Å². The van der Waals surface area contributed by atoms with Gasteiger partial charge in [-0.3, -0.25) is 15.1 Å². The Hall–Kier alpha value is -1.93. The molecule has 0 spiro atoms. The topological polar surface area (TPSA) is 68.1 Å². The zero-order valence-electron chi connectivity index (χ0n) is 8.24. The SMILES string of the molecule is O=[N+]([O-])c1cnccc1NCC(F)(F)C(F)F. The number of rotatable bonds is 5. The summed E-state index contributed by atoms with van der Waals surface area (Å²) in [6.45, 7) is -1.39. The molecule has 5 nitrogen and oxygen atoms in total. The summed E-state index contributed by atoms with van der Waals surface area (Å²) in [6, 6.07) is 1.06. The minimum atomic E-state index is -4.25. The largest absolute Gasteiger partial charge is 0.373 e. The molecule has 94 valence electrons. The summed E-state index contributed by atoms with van der Waals surface area (Å²) in [5.74, 6) is -4.25. The van der Waals surface area contributed by atoms with E-state index in [9.17, 15) is 27.7 Å². The standard InChI is InChI=1S/C8H7F4N3O2/c9-7(10)8(11,12)4-14-5-1-2-13-3-6(5)15(16)17/h1-3,7H,4H2,(H,13,14). The van der Waals surface area contributed by atoms with Gasteiger partial charge in [-0.25, -0.2) is 8.78 Å². The van der Waals surface area contributed by atoms with Gasteiger partial charge in [0, 0.05) is 6.20 Å². The minimum absolute atomic E-state index is 0.287. The highest BCUT2D eigenvalue weighted by Gasteiger charge is 2.40. The van der Waals surface area contributed by atoms with Gasteiger partial charge in [0.05, 0.1) is 11.5 Å². The second-order valence-electron chi connectivity index (χ2n) is 3.07. The highest BCUT2D eigenvalue weighted by molar-refractivity contribution is 5.59. The van der Waals surface area contributed by atoms with Crippen LogP contribution in [-0.2, 0) is 0 Å². The van der Waals surface area contributed by atoms with E-state index >= 15 is 0 Å². The van der Waals surface area contributed by atoms with Gasteiger partial charge in [-0.1, -0.05) is 0 Å². The van der Waals surface area contributed by atoms with Crippen LogP contribution in [0.4, 0.5) is 28.9 Å². The van der Waals surface area contributed by atoms with E-state index in [1.165, 1.54) is 0 Å². The van der Waals surface area contributed by atoms with E-state index in [0.29, 0.717) is 0 Å². The highest BCUT2D eigenvalue weighted by atomic mass is 19.3. The fraction of sp³-hybridized carbons (Fsp3) is 0.375. The van der Waals surface area contributed by atoms with Crippen molar-refractivity contribution >= 4 is 11.4 Å². The molecule has 1 rings (SSSR count). The molecule has 0 aliphatic heterocycles. The highest BCUT2D eigenvalue weighted by Crippen LogP contribution is 2.26. The molecule has 0 atom stereocenters. The van der Waals surface area contributed by atoms with Crippen LogP contribution in [0.3, 0.4) is 0 Å². The van der Waals surface area contributed by atoms with E-state index in [-0.39, 0.29) is 5.69 Å². The van der Waals surface area contributed by atoms with E-state index in [1.54, 1.807) is 0 Å². The third-order valence-corrected chi connectivity index (χ3v) is 1.83. The molecular weight excluding hydrogens is 246 g/mol. The molecule has 1 N–H and O–H groups in total. The van der Waals surface area contributed by atoms with Crippen molar-refractivity contribution in [3.63, 3.8) is 0 Å². The molecule has 0 bridgehead atoms. The average molecular weight is 253 g/mol. The third kappa shape index (κ3) is 3.26. The van der Waals surface area contributed by atoms with Gasteiger partial charge in [0.2, 0.25) is 0 Å². The Bertz CT molecular complexity index is 414. The van der Waals surface area contributed by atoms with Crippen molar-refractivity contribution in [3.8, 4) is 0 Å². The van der Waals surface area contributed by atoms with Crippen LogP contribution in [0.1, 0.15) is 0 Å². The van der Waals surface area contributed by atoms with Gasteiger partial charge in [-0.15, -0.1) is 0 Å². The molecule has 1 aromatic rings. The summed E-state index contributed by atoms with van der Waals surface area (Å²) in [5.41, 5.74) is -0.845. The summed E-state index contributed by atoms with van der Waals surface area (Å²) in [7, 11) is 0. The number of hydrogen-bond donors (Lipinski definition) is 1. The number of nitrogens with one attached hydrogen (secondary N) is 1. The molecule has 0 fully saturated rings. The Labute approximate surface area is 92.6 Å². The minimum Gasteiger partial charge on any atom is -0.373 e. The van der Waals surface area contributed by atoms with Crippen LogP contribution < -0.4 is 5.32 Å². The monoisotopic (exact) mass is 253 g/mol. The van der Waals surface area contributed by atoms with E-state index in [2.05, 4.69) is 4.98 Å². The van der Waals surface area contributed by atoms with Gasteiger partial charge in [0.25, 0.3) is 0 Å². The molecule has 0 aliphatic carbocycles. The summed E-state index contributed by atoms with van der Waals surface area (Å²) >= 11 is 0. The molecule has 1 heterocycles. The van der Waals surface area contributed by atoms with Gasteiger partial charge >= 0.3 is 18.0 Å². The second-order valence-corrected chi connectivity index (χ2v) is 3.07. The lowest BCUT2D eigenvalue weighted by Crippen LogP contribution is -2.34. The van der Waals surface area contributed by atoms with E-state index < -0.39 is 29.5 Å². The summed E-state index contributed by atoms with van der Waals surface area (Å²) in [6.07, 6.45) is -1.88. The normalized spacial score (nSPS) is 11.6. The van der Waals surface area contributed by atoms with Gasteiger partial charge < -0.3 is 5.32 Å². The first-order chi connectivity index (χ1) is 7.84. The first-order valence-electron chi connectivity index (χ1n) is 4.33. The van der Waals surface area contributed by atoms with Crippen LogP contribution in [0.25, 0.3) is 0 Å². The Morgan fingerprint density at radius 3 is 2.71 bits per heavy atom. The Balaban J connectivity index is 2.79. The molecule has 17 heavy (non-hydrogen) atoms. The lowest BCUT2D eigenvalue weighted by Gasteiger charge is -2.16. The summed E-state index contributed by atoms with van der Waals surface area (Å²) < 4.78 is 48.8. The number of anilines is 1. The Kier molecular flexibility index (Phi) is 3.81. The fourth-order valence-corrected chi connectivity index (χ4v) is 0.971. The molecule has 0 amide bonds. The molecule has 1 aromatic heterocycles. The van der Waals surface area contributed by atoms with Crippen LogP contribution in [0.5, 0.6) is 0 Å². The Morgan fingerprint density at radius 2 is 2.18 bits per heavy atom. The number of aromatic nitrogens is 1. The van der Waals surface area contributed by atoms with E-state index in [1.807, 2.05) is 5.32 Å². The first kappa shape index (κ1) is 13.1. The zero-order chi connectivity index (χ0) is 13.1. The zero-order valence-corrected chi connectivity index (χ0v) is 8.24. The maximum absolute atomic E-state index is 12.6. The molecule has 0 unspecified atom stereocenters. The van der Waals surface area contributed by atoms with Crippen molar-refractivity contribution in [1.29, 1.82) is 0 Å². The third-order valence-electron chi connectivity index (χ3n) is 1.83. The van der Waals surface area contributed by atoms with Gasteiger partial charge in [0.1, 0.15) is 11.9 Å². The molecule has 0 saturated heterocycles. The number of pyridine rings is 1. The van der Waals surface area contributed by atoms with Crippen LogP contribution in [-0.4, -0.2) is 28.8 Å². The van der Waals surface area contributed by atoms with Crippen LogP contribution in [0, 0.1) is 10.1 Å². The van der Waals surface area contributed by atoms with Crippen LogP contribution >= 0.6 is 0 Å². The molecule has 0 aromatic carbocycles. The second kappa shape index (κ2) is 4.93. The number of nitrogens with zero attached hydrogens (tertiary/aromatic N) is 2. The maximum atomic E-state index is 12.6. The lowest BCUT2D eigenvalue weighted by molar-refractivity contribution is -0.384.